The minimum atomic E-state index is -0.231. The molecular weight excluding hydrogens is 486 g/mol. The van der Waals surface area contributed by atoms with Crippen molar-refractivity contribution in [1.82, 2.24) is 15.6 Å². The number of nitrogens with one attached hydrogen (secondary N) is 3. The molecule has 0 unspecified atom stereocenters. The summed E-state index contributed by atoms with van der Waals surface area (Å²) in [6.45, 7) is 1.32. The third-order valence-electron chi connectivity index (χ3n) is 5.09. The van der Waals surface area contributed by atoms with Crippen LogP contribution in [0.15, 0.2) is 29.4 Å². The van der Waals surface area contributed by atoms with Crippen LogP contribution in [-0.2, 0) is 16.0 Å². The van der Waals surface area contributed by atoms with Gasteiger partial charge >= 0.3 is 5.97 Å². The maximum absolute atomic E-state index is 13.5. The monoisotopic (exact) mass is 516 g/mol. The minimum Gasteiger partial charge on any atom is -0.462 e. The minimum absolute atomic E-state index is 0. The Kier molecular flexibility index (Phi) is 9.69. The maximum Gasteiger partial charge on any atom is 0.306 e. The molecular formula is C21H30FIN4O2. The van der Waals surface area contributed by atoms with Gasteiger partial charge in [-0.25, -0.2) is 4.39 Å². The number of aliphatic imine (C=N–C) groups is 1. The number of aromatic nitrogens is 1. The summed E-state index contributed by atoms with van der Waals surface area (Å²) < 4.78 is 18.9. The average Bonchev–Trinajstić information content (AvgIpc) is 3.33. The Labute approximate surface area is 188 Å². The second-order valence-electron chi connectivity index (χ2n) is 7.18. The SMILES string of the molecule is CN=C(NCCCC(=O)OC1CCCC1)NCCc1c[nH]c2ccc(F)cc12.I. The van der Waals surface area contributed by atoms with E-state index in [-0.39, 0.29) is 41.9 Å². The molecule has 1 aliphatic rings. The Balaban J connectivity index is 0.00000300. The van der Waals surface area contributed by atoms with E-state index in [4.69, 9.17) is 4.74 Å². The molecule has 0 radical (unpaired) electrons. The maximum atomic E-state index is 13.5. The van der Waals surface area contributed by atoms with Gasteiger partial charge in [-0.3, -0.25) is 9.79 Å². The average molecular weight is 516 g/mol. The van der Waals surface area contributed by atoms with Crippen LogP contribution < -0.4 is 10.6 Å². The highest BCUT2D eigenvalue weighted by atomic mass is 127. The van der Waals surface area contributed by atoms with Gasteiger partial charge in [0.2, 0.25) is 0 Å². The first-order valence-corrected chi connectivity index (χ1v) is 10.0. The van der Waals surface area contributed by atoms with E-state index < -0.39 is 0 Å². The molecule has 29 heavy (non-hydrogen) atoms. The summed E-state index contributed by atoms with van der Waals surface area (Å²) in [6, 6.07) is 4.76. The van der Waals surface area contributed by atoms with Crippen LogP contribution in [-0.4, -0.2) is 43.2 Å². The standard InChI is InChI=1S/C21H29FN4O2.HI/c1-23-21(24-11-4-7-20(27)28-17-5-2-3-6-17)25-12-10-15-14-26-19-9-8-16(22)13-18(15)19;/h8-9,13-14,17,26H,2-7,10-12H2,1H3,(H2,23,24,25);1H. The summed E-state index contributed by atoms with van der Waals surface area (Å²) in [4.78, 5) is 19.2. The van der Waals surface area contributed by atoms with Crippen LogP contribution in [0.5, 0.6) is 0 Å². The van der Waals surface area contributed by atoms with Crippen LogP contribution in [0.1, 0.15) is 44.1 Å². The van der Waals surface area contributed by atoms with E-state index in [1.165, 1.54) is 6.07 Å². The van der Waals surface area contributed by atoms with E-state index in [1.54, 1.807) is 19.2 Å². The fourth-order valence-corrected chi connectivity index (χ4v) is 3.58. The lowest BCUT2D eigenvalue weighted by atomic mass is 10.1. The Hall–Kier alpha value is -1.84. The molecule has 1 aromatic carbocycles. The van der Waals surface area contributed by atoms with Gasteiger partial charge in [0.25, 0.3) is 0 Å². The molecule has 1 aliphatic carbocycles. The van der Waals surface area contributed by atoms with Gasteiger partial charge in [0.05, 0.1) is 0 Å². The molecule has 8 heteroatoms. The molecule has 0 aliphatic heterocycles. The number of carbonyl (C=O) groups is 1. The first kappa shape index (κ1) is 23.4. The van der Waals surface area contributed by atoms with E-state index in [1.807, 2.05) is 6.20 Å². The molecule has 1 saturated carbocycles. The lowest BCUT2D eigenvalue weighted by Crippen LogP contribution is -2.38. The molecule has 6 nitrogen and oxygen atoms in total. The number of hydrogen-bond donors (Lipinski definition) is 3. The molecule has 0 saturated heterocycles. The van der Waals surface area contributed by atoms with Gasteiger partial charge in [0.15, 0.2) is 5.96 Å². The molecule has 1 aromatic heterocycles. The van der Waals surface area contributed by atoms with Crippen molar-refractivity contribution < 1.29 is 13.9 Å². The van der Waals surface area contributed by atoms with Crippen molar-refractivity contribution >= 4 is 46.8 Å². The topological polar surface area (TPSA) is 78.5 Å². The fraction of sp³-hybridized carbons (Fsp3) is 0.524. The molecule has 0 spiro atoms. The second kappa shape index (κ2) is 12.0. The molecule has 1 heterocycles. The van der Waals surface area contributed by atoms with Crippen LogP contribution in [0.2, 0.25) is 0 Å². The number of carbonyl (C=O) groups excluding carboxylic acids is 1. The predicted molar refractivity (Wildman–Crippen MR) is 124 cm³/mol. The van der Waals surface area contributed by atoms with Crippen LogP contribution in [0.3, 0.4) is 0 Å². The van der Waals surface area contributed by atoms with Crippen LogP contribution in [0.4, 0.5) is 4.39 Å². The van der Waals surface area contributed by atoms with Crippen LogP contribution >= 0.6 is 24.0 Å². The number of rotatable bonds is 8. The predicted octanol–water partition coefficient (Wildman–Crippen LogP) is 3.90. The highest BCUT2D eigenvalue weighted by molar-refractivity contribution is 14.0. The number of guanidine groups is 1. The van der Waals surface area contributed by atoms with Gasteiger partial charge in [-0.2, -0.15) is 0 Å². The van der Waals surface area contributed by atoms with Crippen molar-refractivity contribution in [2.75, 3.05) is 20.1 Å². The summed E-state index contributed by atoms with van der Waals surface area (Å²) in [5, 5.41) is 7.36. The highest BCUT2D eigenvalue weighted by Gasteiger charge is 2.18. The van der Waals surface area contributed by atoms with Crippen LogP contribution in [0, 0.1) is 5.82 Å². The second-order valence-corrected chi connectivity index (χ2v) is 7.18. The van der Waals surface area contributed by atoms with E-state index in [0.29, 0.717) is 31.9 Å². The first-order chi connectivity index (χ1) is 13.7. The van der Waals surface area contributed by atoms with Crippen molar-refractivity contribution in [3.63, 3.8) is 0 Å². The van der Waals surface area contributed by atoms with E-state index in [0.717, 1.165) is 48.6 Å². The van der Waals surface area contributed by atoms with Crippen molar-refractivity contribution in [1.29, 1.82) is 0 Å². The smallest absolute Gasteiger partial charge is 0.306 e. The summed E-state index contributed by atoms with van der Waals surface area (Å²) in [5.74, 6) is 0.351. The summed E-state index contributed by atoms with van der Waals surface area (Å²) in [5.41, 5.74) is 2.00. The first-order valence-electron chi connectivity index (χ1n) is 10.0. The molecule has 2 aromatic rings. The Morgan fingerprint density at radius 1 is 1.28 bits per heavy atom. The van der Waals surface area contributed by atoms with E-state index in [2.05, 4.69) is 20.6 Å². The molecule has 3 rings (SSSR count). The van der Waals surface area contributed by atoms with Gasteiger partial charge in [-0.05, 0) is 62.3 Å². The lowest BCUT2D eigenvalue weighted by Gasteiger charge is -2.13. The number of halogens is 2. The van der Waals surface area contributed by atoms with Crippen molar-refractivity contribution in [3.05, 3.63) is 35.8 Å². The van der Waals surface area contributed by atoms with Crippen LogP contribution in [0.25, 0.3) is 10.9 Å². The zero-order chi connectivity index (χ0) is 19.8. The van der Waals surface area contributed by atoms with Gasteiger partial charge in [-0.15, -0.1) is 24.0 Å². The summed E-state index contributed by atoms with van der Waals surface area (Å²) in [7, 11) is 1.71. The molecule has 0 amide bonds. The number of hydrogen-bond acceptors (Lipinski definition) is 3. The Bertz CT molecular complexity index is 818. The van der Waals surface area contributed by atoms with Gasteiger partial charge in [-0.1, -0.05) is 0 Å². The number of aromatic amines is 1. The molecule has 160 valence electrons. The highest BCUT2D eigenvalue weighted by Crippen LogP contribution is 2.21. The van der Waals surface area contributed by atoms with Gasteiger partial charge < -0.3 is 20.4 Å². The fourth-order valence-electron chi connectivity index (χ4n) is 3.58. The van der Waals surface area contributed by atoms with Crippen molar-refractivity contribution in [2.45, 2.75) is 51.0 Å². The number of fused-ring (bicyclic) bond motifs is 1. The molecule has 0 atom stereocenters. The summed E-state index contributed by atoms with van der Waals surface area (Å²) in [6.07, 6.45) is 8.25. The van der Waals surface area contributed by atoms with E-state index in [9.17, 15) is 9.18 Å². The van der Waals surface area contributed by atoms with E-state index >= 15 is 0 Å². The zero-order valence-corrected chi connectivity index (χ0v) is 19.1. The van der Waals surface area contributed by atoms with Gasteiger partial charge in [0, 0.05) is 43.7 Å². The number of esters is 1. The number of nitrogens with zero attached hydrogens (tertiary/aromatic N) is 1. The van der Waals surface area contributed by atoms with Gasteiger partial charge in [0.1, 0.15) is 11.9 Å². The number of ether oxygens (including phenoxy) is 1. The number of H-pyrrole nitrogens is 1. The Morgan fingerprint density at radius 3 is 2.79 bits per heavy atom. The molecule has 1 fully saturated rings. The number of benzene rings is 1. The third-order valence-corrected chi connectivity index (χ3v) is 5.09. The summed E-state index contributed by atoms with van der Waals surface area (Å²) >= 11 is 0. The molecule has 3 N–H and O–H groups in total. The lowest BCUT2D eigenvalue weighted by molar-refractivity contribution is -0.148. The third kappa shape index (κ3) is 7.17. The van der Waals surface area contributed by atoms with Crippen molar-refractivity contribution in [3.8, 4) is 0 Å². The zero-order valence-electron chi connectivity index (χ0n) is 16.8. The van der Waals surface area contributed by atoms with Crippen molar-refractivity contribution in [2.24, 2.45) is 4.99 Å². The largest absolute Gasteiger partial charge is 0.462 e. The normalized spacial score (nSPS) is 14.6. The molecule has 0 bridgehead atoms. The Morgan fingerprint density at radius 2 is 2.03 bits per heavy atom. The quantitative estimate of drug-likeness (QED) is 0.164.